The fourth-order valence-electron chi connectivity index (χ4n) is 1.40. The second kappa shape index (κ2) is 7.62. The third-order valence-corrected chi connectivity index (χ3v) is 2.44. The molecule has 0 bridgehead atoms. The van der Waals surface area contributed by atoms with Gasteiger partial charge in [0.2, 0.25) is 0 Å². The minimum Gasteiger partial charge on any atom is -0.478 e. The van der Waals surface area contributed by atoms with Gasteiger partial charge in [0.1, 0.15) is 0 Å². The van der Waals surface area contributed by atoms with Crippen LogP contribution in [0.15, 0.2) is 23.8 Å². The average Bonchev–Trinajstić information content (AvgIpc) is 2.28. The molecule has 0 aliphatic rings. The minimum absolute atomic E-state index is 0.0183. The summed E-state index contributed by atoms with van der Waals surface area (Å²) in [5, 5.41) is 26.4. The highest BCUT2D eigenvalue weighted by molar-refractivity contribution is 5.89. The van der Waals surface area contributed by atoms with Gasteiger partial charge in [0.05, 0.1) is 0 Å². The summed E-state index contributed by atoms with van der Waals surface area (Å²) in [6, 6.07) is 0. The van der Waals surface area contributed by atoms with Crippen molar-refractivity contribution in [2.24, 2.45) is 5.92 Å². The molecule has 0 amide bonds. The van der Waals surface area contributed by atoms with Crippen LogP contribution in [0.4, 0.5) is 0 Å². The summed E-state index contributed by atoms with van der Waals surface area (Å²) in [7, 11) is 0. The molecule has 3 N–H and O–H groups in total. The molecule has 1 unspecified atom stereocenters. The van der Waals surface area contributed by atoms with Crippen LogP contribution >= 0.6 is 0 Å². The molecule has 0 radical (unpaired) electrons. The number of aliphatic hydroxyl groups excluding tert-OH is 1. The average molecular weight is 242 g/mol. The fourth-order valence-corrected chi connectivity index (χ4v) is 1.40. The van der Waals surface area contributed by atoms with Crippen molar-refractivity contribution in [1.82, 2.24) is 0 Å². The Morgan fingerprint density at radius 2 is 1.88 bits per heavy atom. The van der Waals surface area contributed by atoms with Gasteiger partial charge in [-0.1, -0.05) is 19.6 Å². The summed E-state index contributed by atoms with van der Waals surface area (Å²) >= 11 is 0. The molecule has 0 aliphatic heterocycles. The predicted molar refractivity (Wildman–Crippen MR) is 62.6 cm³/mol. The highest BCUT2D eigenvalue weighted by Crippen LogP contribution is 2.19. The number of aliphatic hydroxyl groups is 1. The molecule has 5 heteroatoms. The van der Waals surface area contributed by atoms with E-state index in [9.17, 15) is 9.59 Å². The summed E-state index contributed by atoms with van der Waals surface area (Å²) in [5.74, 6) is -2.70. The molecule has 1 atom stereocenters. The van der Waals surface area contributed by atoms with E-state index < -0.39 is 17.9 Å². The van der Waals surface area contributed by atoms with Gasteiger partial charge in [-0.25, -0.2) is 9.59 Å². The van der Waals surface area contributed by atoms with Crippen molar-refractivity contribution < 1.29 is 24.9 Å². The predicted octanol–water partition coefficient (Wildman–Crippen LogP) is 1.44. The summed E-state index contributed by atoms with van der Waals surface area (Å²) in [5.41, 5.74) is 0.101. The van der Waals surface area contributed by atoms with E-state index in [2.05, 4.69) is 6.58 Å². The number of carboxylic acid groups (broad SMARTS) is 2. The quantitative estimate of drug-likeness (QED) is 0.560. The first-order valence-electron chi connectivity index (χ1n) is 5.40. The van der Waals surface area contributed by atoms with Gasteiger partial charge in [-0.15, -0.1) is 0 Å². The molecule has 0 aromatic carbocycles. The first kappa shape index (κ1) is 15.4. The Balaban J connectivity index is 4.91. The fraction of sp³-hybridized carbons (Fsp3) is 0.500. The van der Waals surface area contributed by atoms with E-state index in [1.807, 2.05) is 0 Å². The van der Waals surface area contributed by atoms with E-state index in [4.69, 9.17) is 15.3 Å². The first-order valence-corrected chi connectivity index (χ1v) is 5.40. The van der Waals surface area contributed by atoms with Gasteiger partial charge in [0.15, 0.2) is 0 Å². The Bertz CT molecular complexity index is 330. The molecule has 5 nitrogen and oxygen atoms in total. The number of aliphatic carboxylic acids is 2. The number of carboxylic acids is 2. The van der Waals surface area contributed by atoms with Crippen LogP contribution in [0, 0.1) is 5.92 Å². The van der Waals surface area contributed by atoms with Crippen molar-refractivity contribution in [1.29, 1.82) is 0 Å². The summed E-state index contributed by atoms with van der Waals surface area (Å²) < 4.78 is 0. The number of allylic oxidation sites excluding steroid dienone is 1. The van der Waals surface area contributed by atoms with E-state index >= 15 is 0 Å². The van der Waals surface area contributed by atoms with E-state index in [-0.39, 0.29) is 24.2 Å². The number of carbonyl (C=O) groups is 2. The smallest absolute Gasteiger partial charge is 0.331 e. The van der Waals surface area contributed by atoms with E-state index in [1.54, 1.807) is 6.92 Å². The lowest BCUT2D eigenvalue weighted by atomic mass is 9.93. The van der Waals surface area contributed by atoms with Crippen LogP contribution in [0.5, 0.6) is 0 Å². The van der Waals surface area contributed by atoms with Gasteiger partial charge in [-0.2, -0.15) is 0 Å². The van der Waals surface area contributed by atoms with E-state index in [0.717, 1.165) is 0 Å². The van der Waals surface area contributed by atoms with E-state index in [1.165, 1.54) is 6.08 Å². The van der Waals surface area contributed by atoms with Gasteiger partial charge in [-0.3, -0.25) is 0 Å². The molecular formula is C12H18O5. The molecule has 0 rings (SSSR count). The molecule has 17 heavy (non-hydrogen) atoms. The molecule has 0 saturated carbocycles. The van der Waals surface area contributed by atoms with Crippen LogP contribution in [0.1, 0.15) is 26.2 Å². The Kier molecular flexibility index (Phi) is 6.89. The van der Waals surface area contributed by atoms with Crippen LogP contribution in [0.25, 0.3) is 0 Å². The molecule has 96 valence electrons. The molecule has 0 fully saturated rings. The molecule has 0 aliphatic carbocycles. The van der Waals surface area contributed by atoms with Crippen LogP contribution in [0.2, 0.25) is 0 Å². The number of rotatable bonds is 8. The molecule has 0 aromatic rings. The third kappa shape index (κ3) is 5.31. The zero-order valence-electron chi connectivity index (χ0n) is 9.85. The van der Waals surface area contributed by atoms with Gasteiger partial charge < -0.3 is 15.3 Å². The van der Waals surface area contributed by atoms with Crippen LogP contribution in [-0.4, -0.2) is 33.9 Å². The number of hydrogen-bond acceptors (Lipinski definition) is 3. The third-order valence-electron chi connectivity index (χ3n) is 2.44. The molecule has 0 aromatic heterocycles. The lowest BCUT2D eigenvalue weighted by Crippen LogP contribution is -2.12. The lowest BCUT2D eigenvalue weighted by Gasteiger charge is -2.11. The van der Waals surface area contributed by atoms with Crippen LogP contribution in [-0.2, 0) is 9.59 Å². The highest BCUT2D eigenvalue weighted by Gasteiger charge is 2.17. The zero-order chi connectivity index (χ0) is 13.4. The Hall–Kier alpha value is -1.62. The molecule has 0 spiro atoms. The maximum Gasteiger partial charge on any atom is 0.331 e. The Morgan fingerprint density at radius 3 is 2.24 bits per heavy atom. The topological polar surface area (TPSA) is 94.8 Å². The van der Waals surface area contributed by atoms with Crippen molar-refractivity contribution in [3.8, 4) is 0 Å². The monoisotopic (exact) mass is 242 g/mol. The maximum atomic E-state index is 10.9. The van der Waals surface area contributed by atoms with Crippen molar-refractivity contribution in [2.45, 2.75) is 26.2 Å². The first-order chi connectivity index (χ1) is 7.93. The summed E-state index contributed by atoms with van der Waals surface area (Å²) in [6.45, 7) is 5.10. The minimum atomic E-state index is -1.13. The van der Waals surface area contributed by atoms with Crippen molar-refractivity contribution in [2.75, 3.05) is 6.61 Å². The van der Waals surface area contributed by atoms with Crippen LogP contribution < -0.4 is 0 Å². The standard InChI is InChI=1S/C12H18O5/c1-3-9(8(2)11(14)15)7-10(12(16)17)5-4-6-13/h7,9,13H,2-6H2,1H3,(H,14,15)(H,16,17). The Morgan fingerprint density at radius 1 is 1.29 bits per heavy atom. The molecule has 0 heterocycles. The van der Waals surface area contributed by atoms with Crippen molar-refractivity contribution in [3.05, 3.63) is 23.8 Å². The lowest BCUT2D eigenvalue weighted by molar-refractivity contribution is -0.134. The van der Waals surface area contributed by atoms with Gasteiger partial charge in [0.25, 0.3) is 0 Å². The largest absolute Gasteiger partial charge is 0.478 e. The number of hydrogen-bond donors (Lipinski definition) is 3. The molecule has 0 saturated heterocycles. The second-order valence-electron chi connectivity index (χ2n) is 3.67. The second-order valence-corrected chi connectivity index (χ2v) is 3.67. The zero-order valence-corrected chi connectivity index (χ0v) is 9.85. The van der Waals surface area contributed by atoms with Crippen molar-refractivity contribution in [3.63, 3.8) is 0 Å². The van der Waals surface area contributed by atoms with Crippen LogP contribution in [0.3, 0.4) is 0 Å². The van der Waals surface area contributed by atoms with Gasteiger partial charge in [0, 0.05) is 23.7 Å². The maximum absolute atomic E-state index is 10.9. The van der Waals surface area contributed by atoms with Crippen molar-refractivity contribution >= 4 is 11.9 Å². The normalized spacial score (nSPS) is 13.2. The van der Waals surface area contributed by atoms with Gasteiger partial charge in [-0.05, 0) is 19.3 Å². The molecular weight excluding hydrogens is 224 g/mol. The summed E-state index contributed by atoms with van der Waals surface area (Å²) in [6.07, 6.45) is 2.44. The summed E-state index contributed by atoms with van der Waals surface area (Å²) in [4.78, 5) is 21.7. The van der Waals surface area contributed by atoms with Gasteiger partial charge >= 0.3 is 11.9 Å². The SMILES string of the molecule is C=C(C(=O)O)C(C=C(CCCO)C(=O)O)CC. The Labute approximate surface area is 100 Å². The highest BCUT2D eigenvalue weighted by atomic mass is 16.4. The van der Waals surface area contributed by atoms with E-state index in [0.29, 0.717) is 12.8 Å².